The van der Waals surface area contributed by atoms with Gasteiger partial charge in [-0.1, -0.05) is 13.8 Å². The smallest absolute Gasteiger partial charge is 0.291 e. The van der Waals surface area contributed by atoms with E-state index in [1.165, 1.54) is 0 Å². The number of nitrogens with zero attached hydrogens (tertiary/aromatic N) is 3. The van der Waals surface area contributed by atoms with Gasteiger partial charge in [0.2, 0.25) is 5.90 Å². The molecule has 1 aromatic heterocycles. The summed E-state index contributed by atoms with van der Waals surface area (Å²) in [6, 6.07) is 2.32. The minimum Gasteiger partial charge on any atom is -0.495 e. The highest BCUT2D eigenvalue weighted by molar-refractivity contribution is 5.98. The summed E-state index contributed by atoms with van der Waals surface area (Å²) in [5.74, 6) is 0.783. The van der Waals surface area contributed by atoms with Crippen molar-refractivity contribution in [2.75, 3.05) is 46.5 Å². The topological polar surface area (TPSA) is 94.8 Å². The molecular formula is C20H31N5O3. The molecule has 2 N–H and O–H groups in total. The number of ether oxygens (including phenoxy) is 3. The lowest BCUT2D eigenvalue weighted by Crippen LogP contribution is -2.50. The van der Waals surface area contributed by atoms with Crippen LogP contribution in [0, 0.1) is 10.8 Å². The Morgan fingerprint density at radius 1 is 1.18 bits per heavy atom. The van der Waals surface area contributed by atoms with Crippen molar-refractivity contribution >= 4 is 11.9 Å². The van der Waals surface area contributed by atoms with Gasteiger partial charge in [-0.05, 0) is 24.8 Å². The zero-order valence-corrected chi connectivity index (χ0v) is 17.0. The number of hydrogen-bond acceptors (Lipinski definition) is 7. The first-order valence-electron chi connectivity index (χ1n) is 9.95. The van der Waals surface area contributed by atoms with Gasteiger partial charge in [0, 0.05) is 38.4 Å². The Balaban J connectivity index is 1.54. The largest absolute Gasteiger partial charge is 0.495 e. The number of methoxy groups -OCH3 is 1. The molecule has 0 atom stereocenters. The molecule has 8 heteroatoms. The van der Waals surface area contributed by atoms with Crippen molar-refractivity contribution in [2.24, 2.45) is 0 Å². The SMILES string of the molecule is COc1cc(C(=N)OC(=N)N2CCC(N3CCOCC3)CC2)cnc1C(C)C. The summed E-state index contributed by atoms with van der Waals surface area (Å²) in [6.07, 6.45) is 3.60. The zero-order chi connectivity index (χ0) is 20.1. The summed E-state index contributed by atoms with van der Waals surface area (Å²) in [5, 5.41) is 16.5. The first-order valence-corrected chi connectivity index (χ1v) is 9.95. The van der Waals surface area contributed by atoms with Crippen LogP contribution in [-0.2, 0) is 9.47 Å². The molecule has 0 amide bonds. The number of hydrogen-bond donors (Lipinski definition) is 2. The Morgan fingerprint density at radius 3 is 2.46 bits per heavy atom. The molecule has 0 aromatic carbocycles. The third kappa shape index (κ3) is 4.80. The lowest BCUT2D eigenvalue weighted by Gasteiger charge is -2.40. The summed E-state index contributed by atoms with van der Waals surface area (Å²) < 4.78 is 16.3. The van der Waals surface area contributed by atoms with Crippen molar-refractivity contribution in [2.45, 2.75) is 38.6 Å². The molecule has 3 heterocycles. The van der Waals surface area contributed by atoms with Gasteiger partial charge in [-0.3, -0.25) is 20.7 Å². The van der Waals surface area contributed by atoms with Crippen LogP contribution in [0.3, 0.4) is 0 Å². The molecule has 0 radical (unpaired) electrons. The molecule has 0 saturated carbocycles. The van der Waals surface area contributed by atoms with Crippen LogP contribution in [0.15, 0.2) is 12.3 Å². The molecule has 0 bridgehead atoms. The van der Waals surface area contributed by atoms with Gasteiger partial charge in [-0.15, -0.1) is 0 Å². The van der Waals surface area contributed by atoms with Gasteiger partial charge in [0.15, 0.2) is 0 Å². The van der Waals surface area contributed by atoms with E-state index >= 15 is 0 Å². The summed E-state index contributed by atoms with van der Waals surface area (Å²) in [5.41, 5.74) is 1.36. The summed E-state index contributed by atoms with van der Waals surface area (Å²) in [6.45, 7) is 9.22. The van der Waals surface area contributed by atoms with Crippen molar-refractivity contribution in [1.82, 2.24) is 14.8 Å². The molecule has 0 unspecified atom stereocenters. The Bertz CT molecular complexity index is 695. The quantitative estimate of drug-likeness (QED) is 0.606. The molecule has 3 rings (SSSR count). The van der Waals surface area contributed by atoms with Gasteiger partial charge in [0.1, 0.15) is 5.75 Å². The van der Waals surface area contributed by atoms with Crippen molar-refractivity contribution < 1.29 is 14.2 Å². The molecule has 2 fully saturated rings. The van der Waals surface area contributed by atoms with Crippen LogP contribution in [0.5, 0.6) is 5.75 Å². The van der Waals surface area contributed by atoms with Gasteiger partial charge < -0.3 is 19.1 Å². The average Bonchev–Trinajstić information content (AvgIpc) is 2.73. The van der Waals surface area contributed by atoms with Crippen LogP contribution in [-0.4, -0.2) is 79.2 Å². The highest BCUT2D eigenvalue weighted by Gasteiger charge is 2.28. The van der Waals surface area contributed by atoms with Gasteiger partial charge >= 0.3 is 0 Å². The molecular weight excluding hydrogens is 358 g/mol. The maximum atomic E-state index is 8.26. The first kappa shape index (κ1) is 20.5. The number of rotatable bonds is 4. The molecule has 2 saturated heterocycles. The monoisotopic (exact) mass is 389 g/mol. The number of pyridine rings is 1. The highest BCUT2D eigenvalue weighted by atomic mass is 16.5. The van der Waals surface area contributed by atoms with E-state index in [1.54, 1.807) is 19.4 Å². The Hall–Kier alpha value is -2.19. The van der Waals surface area contributed by atoms with Crippen molar-refractivity contribution in [3.63, 3.8) is 0 Å². The maximum Gasteiger partial charge on any atom is 0.291 e. The van der Waals surface area contributed by atoms with Crippen LogP contribution < -0.4 is 4.74 Å². The van der Waals surface area contributed by atoms with E-state index in [-0.39, 0.29) is 17.8 Å². The number of morpholine rings is 1. The molecule has 8 nitrogen and oxygen atoms in total. The molecule has 28 heavy (non-hydrogen) atoms. The Morgan fingerprint density at radius 2 is 1.86 bits per heavy atom. The molecule has 1 aromatic rings. The Labute approximate surface area is 166 Å². The predicted octanol–water partition coefficient (Wildman–Crippen LogP) is 2.29. The lowest BCUT2D eigenvalue weighted by atomic mass is 10.0. The van der Waals surface area contributed by atoms with Crippen LogP contribution in [0.4, 0.5) is 0 Å². The fourth-order valence-electron chi connectivity index (χ4n) is 3.77. The van der Waals surface area contributed by atoms with Crippen LogP contribution in [0.2, 0.25) is 0 Å². The third-order valence-electron chi connectivity index (χ3n) is 5.42. The van der Waals surface area contributed by atoms with E-state index in [0.717, 1.165) is 57.9 Å². The van der Waals surface area contributed by atoms with Crippen LogP contribution >= 0.6 is 0 Å². The molecule has 0 aliphatic carbocycles. The second-order valence-corrected chi connectivity index (χ2v) is 7.57. The molecule has 0 spiro atoms. The fraction of sp³-hybridized carbons (Fsp3) is 0.650. The van der Waals surface area contributed by atoms with E-state index in [0.29, 0.717) is 17.4 Å². The third-order valence-corrected chi connectivity index (χ3v) is 5.42. The van der Waals surface area contributed by atoms with E-state index in [4.69, 9.17) is 25.0 Å². The number of likely N-dealkylation sites (tertiary alicyclic amines) is 1. The van der Waals surface area contributed by atoms with Crippen LogP contribution in [0.25, 0.3) is 0 Å². The van der Waals surface area contributed by atoms with Gasteiger partial charge in [0.25, 0.3) is 6.02 Å². The summed E-state index contributed by atoms with van der Waals surface area (Å²) >= 11 is 0. The van der Waals surface area contributed by atoms with Gasteiger partial charge in [-0.25, -0.2) is 0 Å². The second-order valence-electron chi connectivity index (χ2n) is 7.57. The highest BCUT2D eigenvalue weighted by Crippen LogP contribution is 2.25. The van der Waals surface area contributed by atoms with Crippen molar-refractivity contribution in [3.05, 3.63) is 23.5 Å². The maximum absolute atomic E-state index is 8.26. The number of nitrogens with one attached hydrogen (secondary N) is 2. The van der Waals surface area contributed by atoms with Gasteiger partial charge in [0.05, 0.1) is 31.6 Å². The Kier molecular flexibility index (Phi) is 6.85. The molecule has 154 valence electrons. The normalized spacial score (nSPS) is 18.9. The predicted molar refractivity (Wildman–Crippen MR) is 108 cm³/mol. The van der Waals surface area contributed by atoms with Gasteiger partial charge in [-0.2, -0.15) is 0 Å². The summed E-state index contributed by atoms with van der Waals surface area (Å²) in [4.78, 5) is 8.80. The van der Waals surface area contributed by atoms with E-state index in [2.05, 4.69) is 9.88 Å². The second kappa shape index (κ2) is 9.34. The van der Waals surface area contributed by atoms with Crippen molar-refractivity contribution in [1.29, 1.82) is 10.8 Å². The van der Waals surface area contributed by atoms with E-state index < -0.39 is 0 Å². The number of amidine groups is 1. The van der Waals surface area contributed by atoms with E-state index in [9.17, 15) is 0 Å². The standard InChI is InChI=1S/C20H31N5O3/c1-14(2)18-17(26-3)12-15(13-23-18)19(21)28-20(22)25-6-4-16(5-7-25)24-8-10-27-11-9-24/h12-14,16,21-22H,4-11H2,1-3H3. The van der Waals surface area contributed by atoms with E-state index in [1.807, 2.05) is 18.7 Å². The fourth-order valence-corrected chi connectivity index (χ4v) is 3.77. The minimum atomic E-state index is -0.0820. The summed E-state index contributed by atoms with van der Waals surface area (Å²) in [7, 11) is 1.60. The first-order chi connectivity index (χ1) is 13.5. The molecule has 2 aliphatic heterocycles. The molecule has 2 aliphatic rings. The average molecular weight is 390 g/mol. The van der Waals surface area contributed by atoms with Crippen LogP contribution in [0.1, 0.15) is 43.9 Å². The number of aromatic nitrogens is 1. The number of piperidine rings is 1. The lowest BCUT2D eigenvalue weighted by molar-refractivity contribution is 0.00452. The minimum absolute atomic E-state index is 0.0253. The zero-order valence-electron chi connectivity index (χ0n) is 17.0. The van der Waals surface area contributed by atoms with Crippen molar-refractivity contribution in [3.8, 4) is 5.75 Å².